The van der Waals surface area contributed by atoms with E-state index in [0.29, 0.717) is 0 Å². The van der Waals surface area contributed by atoms with Crippen LogP contribution in [0.15, 0.2) is 48.7 Å². The van der Waals surface area contributed by atoms with Crippen LogP contribution in [0.5, 0.6) is 0 Å². The molecule has 1 N–H and O–H groups in total. The number of nitrogens with one attached hydrogen (secondary N) is 1. The van der Waals surface area contributed by atoms with Crippen LogP contribution in [0.3, 0.4) is 0 Å². The van der Waals surface area contributed by atoms with Crippen LogP contribution in [0.2, 0.25) is 0 Å². The number of imidazole rings is 1. The van der Waals surface area contributed by atoms with Gasteiger partial charge >= 0.3 is 0 Å². The van der Waals surface area contributed by atoms with E-state index in [2.05, 4.69) is 10.3 Å². The summed E-state index contributed by atoms with van der Waals surface area (Å²) >= 11 is 0. The number of rotatable bonds is 3. The third-order valence-electron chi connectivity index (χ3n) is 3.29. The van der Waals surface area contributed by atoms with Crippen molar-refractivity contribution >= 4 is 11.6 Å². The highest BCUT2D eigenvalue weighted by molar-refractivity contribution is 5.94. The van der Waals surface area contributed by atoms with Gasteiger partial charge in [-0.25, -0.2) is 9.37 Å². The number of fused-ring (bicyclic) bond motifs is 1. The van der Waals surface area contributed by atoms with Crippen molar-refractivity contribution < 1.29 is 9.18 Å². The van der Waals surface area contributed by atoms with Crippen LogP contribution >= 0.6 is 0 Å². The summed E-state index contributed by atoms with van der Waals surface area (Å²) in [4.78, 5) is 16.4. The van der Waals surface area contributed by atoms with Crippen LogP contribution in [0, 0.1) is 12.7 Å². The van der Waals surface area contributed by atoms with Gasteiger partial charge in [0.2, 0.25) is 0 Å². The van der Waals surface area contributed by atoms with E-state index in [9.17, 15) is 9.18 Å². The highest BCUT2D eigenvalue weighted by Gasteiger charge is 2.11. The third kappa shape index (κ3) is 2.63. The fourth-order valence-electron chi connectivity index (χ4n) is 2.20. The number of benzene rings is 1. The fraction of sp³-hybridized carbons (Fsp3) is 0.125. The van der Waals surface area contributed by atoms with Gasteiger partial charge in [0, 0.05) is 11.9 Å². The Labute approximate surface area is 121 Å². The minimum Gasteiger partial charge on any atom is -0.346 e. The molecular formula is C16H14FN3O. The molecule has 0 aliphatic heterocycles. The highest BCUT2D eigenvalue weighted by atomic mass is 19.1. The zero-order valence-corrected chi connectivity index (χ0v) is 11.5. The monoisotopic (exact) mass is 283 g/mol. The van der Waals surface area contributed by atoms with Crippen LogP contribution in [0.1, 0.15) is 21.7 Å². The van der Waals surface area contributed by atoms with Crippen molar-refractivity contribution in [2.75, 3.05) is 0 Å². The van der Waals surface area contributed by atoms with E-state index < -0.39 is 11.7 Å². The Bertz CT molecular complexity index is 810. The lowest BCUT2D eigenvalue weighted by Gasteiger charge is -2.03. The van der Waals surface area contributed by atoms with Crippen LogP contribution in [0.4, 0.5) is 4.39 Å². The molecule has 106 valence electrons. The maximum Gasteiger partial charge on any atom is 0.254 e. The quantitative estimate of drug-likeness (QED) is 0.803. The van der Waals surface area contributed by atoms with E-state index >= 15 is 0 Å². The van der Waals surface area contributed by atoms with Crippen molar-refractivity contribution in [2.45, 2.75) is 13.5 Å². The van der Waals surface area contributed by atoms with Crippen LogP contribution in [0.25, 0.3) is 5.65 Å². The van der Waals surface area contributed by atoms with Crippen LogP contribution < -0.4 is 5.32 Å². The highest BCUT2D eigenvalue weighted by Crippen LogP contribution is 2.09. The summed E-state index contributed by atoms with van der Waals surface area (Å²) in [6.07, 6.45) is 1.87. The number of carbonyl (C=O) groups excluding carboxylic acids is 1. The summed E-state index contributed by atoms with van der Waals surface area (Å²) in [5.74, 6) is -0.970. The maximum atomic E-state index is 13.5. The number of aryl methyl sites for hydroxylation is 1. The van der Waals surface area contributed by atoms with E-state index in [1.165, 1.54) is 12.1 Å². The number of aromatic nitrogens is 2. The lowest BCUT2D eigenvalue weighted by Crippen LogP contribution is -2.23. The lowest BCUT2D eigenvalue weighted by atomic mass is 10.2. The topological polar surface area (TPSA) is 46.4 Å². The molecule has 2 heterocycles. The summed E-state index contributed by atoms with van der Waals surface area (Å²) in [5.41, 5.74) is 2.66. The molecule has 3 aromatic rings. The molecule has 0 saturated carbocycles. The zero-order chi connectivity index (χ0) is 14.8. The van der Waals surface area contributed by atoms with Crippen molar-refractivity contribution in [3.05, 3.63) is 71.4 Å². The molecule has 1 amide bonds. The first-order valence-electron chi connectivity index (χ1n) is 6.61. The Morgan fingerprint density at radius 3 is 2.81 bits per heavy atom. The van der Waals surface area contributed by atoms with Gasteiger partial charge in [0.05, 0.1) is 17.8 Å². The number of carbonyl (C=O) groups is 1. The molecule has 0 fully saturated rings. The molecule has 5 heteroatoms. The smallest absolute Gasteiger partial charge is 0.254 e. The van der Waals surface area contributed by atoms with Gasteiger partial charge in [0.15, 0.2) is 0 Å². The van der Waals surface area contributed by atoms with E-state index in [-0.39, 0.29) is 12.1 Å². The van der Waals surface area contributed by atoms with Crippen molar-refractivity contribution in [2.24, 2.45) is 0 Å². The average molecular weight is 283 g/mol. The molecule has 0 bridgehead atoms. The first-order chi connectivity index (χ1) is 10.1. The number of hydrogen-bond donors (Lipinski definition) is 1. The number of amides is 1. The zero-order valence-electron chi connectivity index (χ0n) is 11.5. The fourth-order valence-corrected chi connectivity index (χ4v) is 2.20. The molecule has 21 heavy (non-hydrogen) atoms. The molecule has 1 aromatic carbocycles. The van der Waals surface area contributed by atoms with Gasteiger partial charge in [0.1, 0.15) is 11.5 Å². The summed E-state index contributed by atoms with van der Waals surface area (Å²) in [6, 6.07) is 11.7. The van der Waals surface area contributed by atoms with Gasteiger partial charge in [-0.15, -0.1) is 0 Å². The summed E-state index contributed by atoms with van der Waals surface area (Å²) < 4.78 is 15.5. The third-order valence-corrected chi connectivity index (χ3v) is 3.29. The number of nitrogens with zero attached hydrogens (tertiary/aromatic N) is 2. The minimum absolute atomic E-state index is 0.0393. The minimum atomic E-state index is -0.527. The molecular weight excluding hydrogens is 269 g/mol. The van der Waals surface area contributed by atoms with E-state index in [1.54, 1.807) is 12.1 Å². The van der Waals surface area contributed by atoms with E-state index in [1.807, 2.05) is 35.7 Å². The standard InChI is InChI=1S/C16H14FN3O/c1-11-5-4-8-15-19-12(10-20(11)15)9-18-16(21)13-6-2-3-7-14(13)17/h2-8,10H,9H2,1H3,(H,18,21). The second-order valence-electron chi connectivity index (χ2n) is 4.79. The molecule has 0 atom stereocenters. The summed E-state index contributed by atoms with van der Waals surface area (Å²) in [5, 5.41) is 2.68. The van der Waals surface area contributed by atoms with E-state index in [4.69, 9.17) is 0 Å². The van der Waals surface area contributed by atoms with Gasteiger partial charge in [-0.1, -0.05) is 18.2 Å². The normalized spacial score (nSPS) is 10.8. The molecule has 2 aromatic heterocycles. The number of halogens is 1. The number of hydrogen-bond acceptors (Lipinski definition) is 2. The Balaban J connectivity index is 1.76. The Morgan fingerprint density at radius 2 is 2.05 bits per heavy atom. The molecule has 0 aliphatic carbocycles. The molecule has 0 aliphatic rings. The average Bonchev–Trinajstić information content (AvgIpc) is 2.90. The van der Waals surface area contributed by atoms with Gasteiger partial charge in [0.25, 0.3) is 5.91 Å². The summed E-state index contributed by atoms with van der Waals surface area (Å²) in [6.45, 7) is 2.24. The first kappa shape index (κ1) is 13.3. The largest absolute Gasteiger partial charge is 0.346 e. The predicted molar refractivity (Wildman–Crippen MR) is 77.5 cm³/mol. The van der Waals surface area contributed by atoms with Crippen LogP contribution in [-0.2, 0) is 6.54 Å². The summed E-state index contributed by atoms with van der Waals surface area (Å²) in [7, 11) is 0. The first-order valence-corrected chi connectivity index (χ1v) is 6.61. The Morgan fingerprint density at radius 1 is 1.24 bits per heavy atom. The SMILES string of the molecule is Cc1cccc2nc(CNC(=O)c3ccccc3F)cn12. The number of pyridine rings is 1. The predicted octanol–water partition coefficient (Wildman–Crippen LogP) is 2.71. The second-order valence-corrected chi connectivity index (χ2v) is 4.79. The molecule has 0 unspecified atom stereocenters. The maximum absolute atomic E-state index is 13.5. The van der Waals surface area contributed by atoms with Gasteiger partial charge in [-0.3, -0.25) is 4.79 Å². The van der Waals surface area contributed by atoms with Crippen molar-refractivity contribution in [3.63, 3.8) is 0 Å². The molecule has 4 nitrogen and oxygen atoms in total. The lowest BCUT2D eigenvalue weighted by molar-refractivity contribution is 0.0946. The molecule has 0 radical (unpaired) electrons. The second kappa shape index (κ2) is 5.36. The van der Waals surface area contributed by atoms with Gasteiger partial charge < -0.3 is 9.72 Å². The van der Waals surface area contributed by atoms with Crippen LogP contribution in [-0.4, -0.2) is 15.3 Å². The van der Waals surface area contributed by atoms with Gasteiger partial charge in [-0.05, 0) is 31.2 Å². The van der Waals surface area contributed by atoms with Crippen molar-refractivity contribution in [3.8, 4) is 0 Å². The molecule has 0 saturated heterocycles. The van der Waals surface area contributed by atoms with Crippen molar-refractivity contribution in [1.82, 2.24) is 14.7 Å². The van der Waals surface area contributed by atoms with Gasteiger partial charge in [-0.2, -0.15) is 0 Å². The van der Waals surface area contributed by atoms with Crippen molar-refractivity contribution in [1.29, 1.82) is 0 Å². The molecule has 3 rings (SSSR count). The Hall–Kier alpha value is -2.69. The Kier molecular flexibility index (Phi) is 3.39. The van der Waals surface area contributed by atoms with E-state index in [0.717, 1.165) is 17.0 Å². The molecule has 0 spiro atoms.